The van der Waals surface area contributed by atoms with E-state index in [0.29, 0.717) is 23.4 Å². The zero-order valence-electron chi connectivity index (χ0n) is 13.7. The number of H-pyrrole nitrogens is 1. The molecular weight excluding hydrogens is 308 g/mol. The maximum atomic E-state index is 11.2. The van der Waals surface area contributed by atoms with Crippen molar-refractivity contribution in [2.45, 2.75) is 50.5 Å². The van der Waals surface area contributed by atoms with Gasteiger partial charge in [0.2, 0.25) is 5.89 Å². The first-order valence-corrected chi connectivity index (χ1v) is 8.54. The van der Waals surface area contributed by atoms with E-state index in [4.69, 9.17) is 10.3 Å². The molecule has 2 atom stereocenters. The van der Waals surface area contributed by atoms with Crippen molar-refractivity contribution >= 4 is 5.91 Å². The summed E-state index contributed by atoms with van der Waals surface area (Å²) in [5, 5.41) is 11.1. The number of nitrogens with two attached hydrogens (primary N) is 1. The number of hydrogen-bond acceptors (Lipinski definition) is 6. The van der Waals surface area contributed by atoms with Gasteiger partial charge in [0.25, 0.3) is 5.91 Å². The summed E-state index contributed by atoms with van der Waals surface area (Å²) in [7, 11) is 0. The van der Waals surface area contributed by atoms with Crippen molar-refractivity contribution in [3.63, 3.8) is 0 Å². The molecule has 0 bridgehead atoms. The fourth-order valence-electron chi connectivity index (χ4n) is 3.36. The van der Waals surface area contributed by atoms with Crippen molar-refractivity contribution in [1.29, 1.82) is 0 Å². The third-order valence-corrected chi connectivity index (χ3v) is 5.05. The Hall–Kier alpha value is -2.22. The lowest BCUT2D eigenvalue weighted by atomic mass is 9.93. The van der Waals surface area contributed by atoms with Crippen LogP contribution in [-0.4, -0.2) is 44.2 Å². The monoisotopic (exact) mass is 330 g/mol. The highest BCUT2D eigenvalue weighted by molar-refractivity contribution is 5.90. The van der Waals surface area contributed by atoms with Gasteiger partial charge in [0.1, 0.15) is 5.69 Å². The van der Waals surface area contributed by atoms with Gasteiger partial charge in [-0.1, -0.05) is 5.16 Å². The molecule has 1 aliphatic carbocycles. The fraction of sp³-hybridized carbons (Fsp3) is 0.625. The van der Waals surface area contributed by atoms with Crippen molar-refractivity contribution in [3.05, 3.63) is 29.2 Å². The van der Waals surface area contributed by atoms with Gasteiger partial charge in [-0.25, -0.2) is 0 Å². The van der Waals surface area contributed by atoms with E-state index in [-0.39, 0.29) is 6.04 Å². The van der Waals surface area contributed by atoms with Crippen molar-refractivity contribution < 1.29 is 9.32 Å². The van der Waals surface area contributed by atoms with Gasteiger partial charge >= 0.3 is 0 Å². The van der Waals surface area contributed by atoms with E-state index >= 15 is 0 Å². The summed E-state index contributed by atoms with van der Waals surface area (Å²) in [5.41, 5.74) is 6.54. The molecule has 2 aromatic rings. The molecule has 3 heterocycles. The molecule has 0 aromatic carbocycles. The van der Waals surface area contributed by atoms with Gasteiger partial charge in [-0.3, -0.25) is 14.8 Å². The number of rotatable bonds is 5. The SMILES string of the molecule is C[C@@H](c1nc(C2CC2)no1)N1CCC[C@@H](c2cc(C(N)=O)n[nH]2)C1. The third kappa shape index (κ3) is 2.93. The number of piperidine rings is 1. The van der Waals surface area contributed by atoms with Crippen LogP contribution in [0.1, 0.15) is 78.4 Å². The maximum absolute atomic E-state index is 11.2. The molecule has 8 nitrogen and oxygen atoms in total. The summed E-state index contributed by atoms with van der Waals surface area (Å²) in [6.07, 6.45) is 4.46. The highest BCUT2D eigenvalue weighted by Crippen LogP contribution is 2.39. The Labute approximate surface area is 139 Å². The van der Waals surface area contributed by atoms with Crippen LogP contribution in [0, 0.1) is 0 Å². The Morgan fingerprint density at radius 2 is 2.25 bits per heavy atom. The molecule has 1 saturated heterocycles. The topological polar surface area (TPSA) is 114 Å². The standard InChI is InChI=1S/C16H22N6O2/c1-9(16-18-15(21-24-16)10-4-5-10)22-6-2-3-11(8-22)12-7-13(14(17)23)20-19-12/h7,9-11H,2-6,8H2,1H3,(H2,17,23)(H,19,20)/t9-,11+/m0/s1. The largest absolute Gasteiger partial charge is 0.364 e. The predicted octanol–water partition coefficient (Wildman–Crippen LogP) is 1.71. The van der Waals surface area contributed by atoms with Crippen LogP contribution in [0.2, 0.25) is 0 Å². The molecule has 1 saturated carbocycles. The number of primary amides is 1. The number of aromatic amines is 1. The first-order valence-electron chi connectivity index (χ1n) is 8.54. The Morgan fingerprint density at radius 1 is 1.42 bits per heavy atom. The van der Waals surface area contributed by atoms with Gasteiger partial charge in [-0.05, 0) is 45.2 Å². The number of nitrogens with zero attached hydrogens (tertiary/aromatic N) is 4. The molecule has 1 aliphatic heterocycles. The van der Waals surface area contributed by atoms with Crippen LogP contribution in [0.5, 0.6) is 0 Å². The Bertz CT molecular complexity index is 735. The highest BCUT2D eigenvalue weighted by atomic mass is 16.5. The second-order valence-corrected chi connectivity index (χ2v) is 6.85. The number of amides is 1. The fourth-order valence-corrected chi connectivity index (χ4v) is 3.36. The normalized spacial score (nSPS) is 23.3. The molecule has 2 fully saturated rings. The summed E-state index contributed by atoms with van der Waals surface area (Å²) in [6, 6.07) is 1.85. The summed E-state index contributed by atoms with van der Waals surface area (Å²) < 4.78 is 5.47. The van der Waals surface area contributed by atoms with Crippen LogP contribution in [-0.2, 0) is 0 Å². The second kappa shape index (κ2) is 6.01. The van der Waals surface area contributed by atoms with E-state index in [2.05, 4.69) is 32.2 Å². The van der Waals surface area contributed by atoms with Crippen molar-refractivity contribution in [1.82, 2.24) is 25.2 Å². The van der Waals surface area contributed by atoms with Crippen molar-refractivity contribution in [2.75, 3.05) is 13.1 Å². The number of carbonyl (C=O) groups is 1. The molecule has 128 valence electrons. The number of aromatic nitrogens is 4. The average Bonchev–Trinajstić information content (AvgIpc) is 3.13. The van der Waals surface area contributed by atoms with Gasteiger partial charge in [-0.2, -0.15) is 10.1 Å². The van der Waals surface area contributed by atoms with Gasteiger partial charge in [0, 0.05) is 24.1 Å². The van der Waals surface area contributed by atoms with Crippen LogP contribution in [0.25, 0.3) is 0 Å². The summed E-state index contributed by atoms with van der Waals surface area (Å²) in [5.74, 6) is 1.84. The molecule has 0 spiro atoms. The van der Waals surface area contributed by atoms with Crippen molar-refractivity contribution in [3.8, 4) is 0 Å². The molecule has 8 heteroatoms. The quantitative estimate of drug-likeness (QED) is 0.862. The molecule has 3 N–H and O–H groups in total. The van der Waals surface area contributed by atoms with Crippen LogP contribution in [0.15, 0.2) is 10.6 Å². The van der Waals surface area contributed by atoms with Gasteiger partial charge < -0.3 is 10.3 Å². The minimum atomic E-state index is -0.503. The lowest BCUT2D eigenvalue weighted by Gasteiger charge is -2.34. The molecule has 24 heavy (non-hydrogen) atoms. The van der Waals surface area contributed by atoms with Crippen LogP contribution in [0.3, 0.4) is 0 Å². The van der Waals surface area contributed by atoms with E-state index in [1.54, 1.807) is 6.07 Å². The molecule has 2 aromatic heterocycles. The third-order valence-electron chi connectivity index (χ3n) is 5.05. The molecule has 0 unspecified atom stereocenters. The Kier molecular flexibility index (Phi) is 3.84. The molecule has 4 rings (SSSR count). The lowest BCUT2D eigenvalue weighted by Crippen LogP contribution is -2.36. The molecule has 2 aliphatic rings. The van der Waals surface area contributed by atoms with E-state index < -0.39 is 5.91 Å². The number of hydrogen-bond donors (Lipinski definition) is 2. The van der Waals surface area contributed by atoms with Crippen LogP contribution < -0.4 is 5.73 Å². The van der Waals surface area contributed by atoms with E-state index in [9.17, 15) is 4.79 Å². The van der Waals surface area contributed by atoms with E-state index in [1.807, 2.05) is 0 Å². The Balaban J connectivity index is 1.45. The Morgan fingerprint density at radius 3 is 2.96 bits per heavy atom. The summed E-state index contributed by atoms with van der Waals surface area (Å²) >= 11 is 0. The summed E-state index contributed by atoms with van der Waals surface area (Å²) in [6.45, 7) is 3.96. The van der Waals surface area contributed by atoms with Crippen molar-refractivity contribution in [2.24, 2.45) is 5.73 Å². The smallest absolute Gasteiger partial charge is 0.269 e. The molecular formula is C16H22N6O2. The summed E-state index contributed by atoms with van der Waals surface area (Å²) in [4.78, 5) is 18.1. The minimum absolute atomic E-state index is 0.0892. The molecule has 1 amide bonds. The average molecular weight is 330 g/mol. The van der Waals surface area contributed by atoms with E-state index in [1.165, 1.54) is 12.8 Å². The van der Waals surface area contributed by atoms with Gasteiger partial charge in [-0.15, -0.1) is 0 Å². The second-order valence-electron chi connectivity index (χ2n) is 6.85. The minimum Gasteiger partial charge on any atom is -0.364 e. The highest BCUT2D eigenvalue weighted by Gasteiger charge is 2.32. The molecule has 0 radical (unpaired) electrons. The van der Waals surface area contributed by atoms with Gasteiger partial charge in [0.05, 0.1) is 6.04 Å². The zero-order valence-corrected chi connectivity index (χ0v) is 13.7. The number of carbonyl (C=O) groups excluding carboxylic acids is 1. The van der Waals surface area contributed by atoms with Gasteiger partial charge in [0.15, 0.2) is 5.82 Å². The number of nitrogens with one attached hydrogen (secondary N) is 1. The zero-order chi connectivity index (χ0) is 16.7. The number of likely N-dealkylation sites (tertiary alicyclic amines) is 1. The van der Waals surface area contributed by atoms with Crippen LogP contribution >= 0.6 is 0 Å². The maximum Gasteiger partial charge on any atom is 0.269 e. The first kappa shape index (κ1) is 15.3. The predicted molar refractivity (Wildman–Crippen MR) is 85.3 cm³/mol. The lowest BCUT2D eigenvalue weighted by molar-refractivity contribution is 0.0995. The first-order chi connectivity index (χ1) is 11.6. The van der Waals surface area contributed by atoms with Crippen LogP contribution in [0.4, 0.5) is 0 Å². The van der Waals surface area contributed by atoms with E-state index in [0.717, 1.165) is 37.4 Å².